The highest BCUT2D eigenvalue weighted by atomic mass is 35.5. The number of aromatic nitrogens is 2. The minimum atomic E-state index is -0.449. The molecule has 0 spiro atoms. The van der Waals surface area contributed by atoms with Gasteiger partial charge in [-0.2, -0.15) is 0 Å². The molecule has 3 aromatic rings. The zero-order valence-electron chi connectivity index (χ0n) is 12.4. The Morgan fingerprint density at radius 3 is 2.70 bits per heavy atom. The molecule has 0 atom stereocenters. The van der Waals surface area contributed by atoms with Crippen molar-refractivity contribution in [1.82, 2.24) is 9.97 Å². The quantitative estimate of drug-likeness (QED) is 0.399. The van der Waals surface area contributed by atoms with Crippen LogP contribution in [0.4, 0.5) is 5.69 Å². The van der Waals surface area contributed by atoms with Crippen LogP contribution in [0.3, 0.4) is 0 Å². The second kappa shape index (κ2) is 5.81. The zero-order chi connectivity index (χ0) is 16.6. The van der Waals surface area contributed by atoms with E-state index in [1.54, 1.807) is 12.1 Å². The summed E-state index contributed by atoms with van der Waals surface area (Å²) in [7, 11) is 0. The maximum absolute atomic E-state index is 10.9. The smallest absolute Gasteiger partial charge is 0.270 e. The van der Waals surface area contributed by atoms with Gasteiger partial charge < -0.3 is 4.42 Å². The lowest BCUT2D eigenvalue weighted by molar-refractivity contribution is -0.384. The first-order chi connectivity index (χ1) is 11.0. The SMILES string of the molecule is Cc1cc(C)c(-c2nc(-c3cccc([N+](=O)[O-])c3)co2)c(Cl)n1. The molecule has 2 aromatic heterocycles. The Bertz CT molecular complexity index is 882. The van der Waals surface area contributed by atoms with Crippen LogP contribution < -0.4 is 0 Å². The molecule has 23 heavy (non-hydrogen) atoms. The summed E-state index contributed by atoms with van der Waals surface area (Å²) in [5.41, 5.74) is 3.42. The van der Waals surface area contributed by atoms with Gasteiger partial charge in [0.2, 0.25) is 5.89 Å². The summed E-state index contributed by atoms with van der Waals surface area (Å²) in [4.78, 5) is 19.0. The van der Waals surface area contributed by atoms with Crippen LogP contribution in [0.2, 0.25) is 5.15 Å². The maximum Gasteiger partial charge on any atom is 0.270 e. The van der Waals surface area contributed by atoms with Gasteiger partial charge in [0.1, 0.15) is 17.1 Å². The van der Waals surface area contributed by atoms with Crippen LogP contribution in [0.25, 0.3) is 22.7 Å². The summed E-state index contributed by atoms with van der Waals surface area (Å²) in [5.74, 6) is 0.335. The predicted octanol–water partition coefficient (Wildman–Crippen LogP) is 4.58. The predicted molar refractivity (Wildman–Crippen MR) is 86.3 cm³/mol. The molecule has 0 aliphatic carbocycles. The lowest BCUT2D eigenvalue weighted by Crippen LogP contribution is -1.92. The molecule has 2 heterocycles. The van der Waals surface area contributed by atoms with E-state index in [0.717, 1.165) is 11.3 Å². The van der Waals surface area contributed by atoms with Gasteiger partial charge in [-0.1, -0.05) is 23.7 Å². The van der Waals surface area contributed by atoms with Crippen LogP contribution in [0, 0.1) is 24.0 Å². The van der Waals surface area contributed by atoms with Crippen LogP contribution >= 0.6 is 11.6 Å². The molecule has 116 valence electrons. The molecule has 1 aromatic carbocycles. The lowest BCUT2D eigenvalue weighted by Gasteiger charge is -2.04. The summed E-state index contributed by atoms with van der Waals surface area (Å²) < 4.78 is 5.50. The van der Waals surface area contributed by atoms with E-state index in [9.17, 15) is 10.1 Å². The number of nitro benzene ring substituents is 1. The second-order valence-corrected chi connectivity index (χ2v) is 5.45. The molecule has 0 aliphatic rings. The highest BCUT2D eigenvalue weighted by molar-refractivity contribution is 6.32. The summed E-state index contributed by atoms with van der Waals surface area (Å²) in [6, 6.07) is 8.10. The van der Waals surface area contributed by atoms with Crippen molar-refractivity contribution in [2.45, 2.75) is 13.8 Å². The summed E-state index contributed by atoms with van der Waals surface area (Å²) in [5, 5.41) is 11.2. The number of non-ortho nitro benzene ring substituents is 1. The first-order valence-electron chi connectivity index (χ1n) is 6.80. The average Bonchev–Trinajstić information content (AvgIpc) is 2.96. The van der Waals surface area contributed by atoms with Crippen LogP contribution in [0.1, 0.15) is 11.3 Å². The van der Waals surface area contributed by atoms with Gasteiger partial charge >= 0.3 is 0 Å². The number of pyridine rings is 1. The standard InChI is InChI=1S/C16H12ClN3O3/c1-9-6-10(2)18-15(17)14(9)16-19-13(8-23-16)11-4-3-5-12(7-11)20(21)22/h3-8H,1-2H3. The van der Waals surface area contributed by atoms with Gasteiger partial charge in [-0.25, -0.2) is 9.97 Å². The Balaban J connectivity index is 2.05. The number of nitrogens with zero attached hydrogens (tertiary/aromatic N) is 3. The van der Waals surface area contributed by atoms with Gasteiger partial charge in [-0.05, 0) is 25.5 Å². The normalized spacial score (nSPS) is 10.7. The van der Waals surface area contributed by atoms with Crippen LogP contribution in [0.15, 0.2) is 41.0 Å². The molecule has 0 radical (unpaired) electrons. The molecule has 6 nitrogen and oxygen atoms in total. The summed E-state index contributed by atoms with van der Waals surface area (Å²) in [6.45, 7) is 3.75. The van der Waals surface area contributed by atoms with Crippen molar-refractivity contribution in [3.8, 4) is 22.7 Å². The average molecular weight is 330 g/mol. The van der Waals surface area contributed by atoms with Crippen molar-refractivity contribution >= 4 is 17.3 Å². The topological polar surface area (TPSA) is 82.1 Å². The fourth-order valence-corrected chi connectivity index (χ4v) is 2.71. The number of aryl methyl sites for hydroxylation is 2. The highest BCUT2D eigenvalue weighted by Crippen LogP contribution is 2.32. The first-order valence-corrected chi connectivity index (χ1v) is 7.18. The highest BCUT2D eigenvalue weighted by Gasteiger charge is 2.17. The number of benzene rings is 1. The number of rotatable bonds is 3. The van der Waals surface area contributed by atoms with Crippen molar-refractivity contribution < 1.29 is 9.34 Å². The summed E-state index contributed by atoms with van der Waals surface area (Å²) >= 11 is 6.19. The number of nitro groups is 1. The van der Waals surface area contributed by atoms with Gasteiger partial charge in [0.25, 0.3) is 5.69 Å². The van der Waals surface area contributed by atoms with Crippen molar-refractivity contribution in [3.05, 3.63) is 63.1 Å². The largest absolute Gasteiger partial charge is 0.444 e. The fraction of sp³-hybridized carbons (Fsp3) is 0.125. The second-order valence-electron chi connectivity index (χ2n) is 5.09. The first kappa shape index (κ1) is 15.2. The Morgan fingerprint density at radius 2 is 2.00 bits per heavy atom. The molecule has 0 unspecified atom stereocenters. The fourth-order valence-electron chi connectivity index (χ4n) is 2.35. The molecule has 0 bridgehead atoms. The third-order valence-corrected chi connectivity index (χ3v) is 3.64. The maximum atomic E-state index is 10.9. The van der Waals surface area contributed by atoms with Crippen molar-refractivity contribution in [2.24, 2.45) is 0 Å². The van der Waals surface area contributed by atoms with Crippen molar-refractivity contribution in [1.29, 1.82) is 0 Å². The molecule has 0 amide bonds. The van der Waals surface area contributed by atoms with Crippen molar-refractivity contribution in [2.75, 3.05) is 0 Å². The number of halogens is 1. The molecule has 0 saturated heterocycles. The van der Waals surface area contributed by atoms with Gasteiger partial charge in [0.05, 0.1) is 10.5 Å². The van der Waals surface area contributed by atoms with Gasteiger partial charge in [0.15, 0.2) is 0 Å². The molecule has 0 aliphatic heterocycles. The monoisotopic (exact) mass is 329 g/mol. The van der Waals surface area contributed by atoms with Crippen LogP contribution in [-0.2, 0) is 0 Å². The van der Waals surface area contributed by atoms with E-state index in [0.29, 0.717) is 27.9 Å². The molecule has 0 saturated carbocycles. The van der Waals surface area contributed by atoms with E-state index in [2.05, 4.69) is 9.97 Å². The Hall–Kier alpha value is -2.73. The third kappa shape index (κ3) is 2.93. The molecular weight excluding hydrogens is 318 g/mol. The molecule has 7 heteroatoms. The number of hydrogen-bond acceptors (Lipinski definition) is 5. The van der Waals surface area contributed by atoms with Gasteiger partial charge in [-0.15, -0.1) is 0 Å². The van der Waals surface area contributed by atoms with E-state index in [4.69, 9.17) is 16.0 Å². The minimum Gasteiger partial charge on any atom is -0.444 e. The van der Waals surface area contributed by atoms with Crippen LogP contribution in [-0.4, -0.2) is 14.9 Å². The molecular formula is C16H12ClN3O3. The third-order valence-electron chi connectivity index (χ3n) is 3.37. The van der Waals surface area contributed by atoms with E-state index in [-0.39, 0.29) is 5.69 Å². The Labute approximate surface area is 136 Å². The Morgan fingerprint density at radius 1 is 1.22 bits per heavy atom. The van der Waals surface area contributed by atoms with Crippen LogP contribution in [0.5, 0.6) is 0 Å². The Kier molecular flexibility index (Phi) is 3.83. The van der Waals surface area contributed by atoms with E-state index in [1.165, 1.54) is 18.4 Å². The number of oxazole rings is 1. The zero-order valence-corrected chi connectivity index (χ0v) is 13.2. The van der Waals surface area contributed by atoms with E-state index in [1.807, 2.05) is 19.9 Å². The van der Waals surface area contributed by atoms with Gasteiger partial charge in [0, 0.05) is 23.4 Å². The summed E-state index contributed by atoms with van der Waals surface area (Å²) in [6.07, 6.45) is 1.45. The number of hydrogen-bond donors (Lipinski definition) is 0. The van der Waals surface area contributed by atoms with E-state index >= 15 is 0 Å². The molecule has 3 rings (SSSR count). The molecule has 0 N–H and O–H groups in total. The van der Waals surface area contributed by atoms with Gasteiger partial charge in [-0.3, -0.25) is 10.1 Å². The minimum absolute atomic E-state index is 0.00161. The lowest BCUT2D eigenvalue weighted by atomic mass is 10.1. The van der Waals surface area contributed by atoms with Crippen molar-refractivity contribution in [3.63, 3.8) is 0 Å². The van der Waals surface area contributed by atoms with E-state index < -0.39 is 4.92 Å². The molecule has 0 fully saturated rings.